The van der Waals surface area contributed by atoms with Crippen LogP contribution in [-0.2, 0) is 14.3 Å². The Hall–Kier alpha value is -3.30. The van der Waals surface area contributed by atoms with Crippen LogP contribution in [0.5, 0.6) is 17.4 Å². The molecule has 4 rings (SSSR count). The number of carbonyl (C=O) groups is 2. The van der Waals surface area contributed by atoms with E-state index in [1.165, 1.54) is 12.0 Å². The SMILES string of the molecule is COC(=O)C1CC(Oc2nc(C3CC3)nc3cc(OC)c(OC)cc23)CN1C(=O)OC(C)(C)C. The minimum absolute atomic E-state index is 0.159. The van der Waals surface area contributed by atoms with Gasteiger partial charge < -0.3 is 23.7 Å². The number of fused-ring (bicyclic) bond motifs is 1. The lowest BCUT2D eigenvalue weighted by molar-refractivity contribution is -0.145. The summed E-state index contributed by atoms with van der Waals surface area (Å²) >= 11 is 0. The molecule has 1 aliphatic heterocycles. The summed E-state index contributed by atoms with van der Waals surface area (Å²) in [6, 6.07) is 2.77. The Morgan fingerprint density at radius 1 is 1.03 bits per heavy atom. The highest BCUT2D eigenvalue weighted by atomic mass is 16.6. The predicted octanol–water partition coefficient (Wildman–Crippen LogP) is 3.45. The summed E-state index contributed by atoms with van der Waals surface area (Å²) in [6.07, 6.45) is 1.22. The highest BCUT2D eigenvalue weighted by Crippen LogP contribution is 2.42. The topological polar surface area (TPSA) is 109 Å². The van der Waals surface area contributed by atoms with Gasteiger partial charge in [0.15, 0.2) is 11.5 Å². The number of hydrogen-bond donors (Lipinski definition) is 0. The molecule has 1 aromatic heterocycles. The number of likely N-dealkylation sites (tertiary alicyclic amines) is 1. The first-order chi connectivity index (χ1) is 16.1. The van der Waals surface area contributed by atoms with Crippen molar-refractivity contribution in [2.75, 3.05) is 27.9 Å². The van der Waals surface area contributed by atoms with Crippen molar-refractivity contribution in [1.82, 2.24) is 14.9 Å². The predicted molar refractivity (Wildman–Crippen MR) is 122 cm³/mol. The molecule has 2 atom stereocenters. The number of benzene rings is 1. The Morgan fingerprint density at radius 2 is 1.71 bits per heavy atom. The molecule has 0 spiro atoms. The summed E-state index contributed by atoms with van der Waals surface area (Å²) in [5.41, 5.74) is -0.0232. The van der Waals surface area contributed by atoms with Gasteiger partial charge in [0.05, 0.1) is 38.8 Å². The zero-order valence-electron chi connectivity index (χ0n) is 20.4. The molecule has 1 saturated carbocycles. The number of nitrogens with zero attached hydrogens (tertiary/aromatic N) is 3. The first-order valence-electron chi connectivity index (χ1n) is 11.3. The second kappa shape index (κ2) is 9.15. The Kier molecular flexibility index (Phi) is 6.42. The summed E-state index contributed by atoms with van der Waals surface area (Å²) in [4.78, 5) is 36.0. The van der Waals surface area contributed by atoms with Crippen molar-refractivity contribution in [2.24, 2.45) is 0 Å². The summed E-state index contributed by atoms with van der Waals surface area (Å²) < 4.78 is 27.6. The normalized spacial score (nSPS) is 20.2. The van der Waals surface area contributed by atoms with Gasteiger partial charge in [-0.1, -0.05) is 0 Å². The van der Waals surface area contributed by atoms with Crippen LogP contribution in [0.1, 0.15) is 51.8 Å². The van der Waals surface area contributed by atoms with Gasteiger partial charge in [-0.3, -0.25) is 4.90 Å². The van der Waals surface area contributed by atoms with Crippen LogP contribution in [-0.4, -0.2) is 72.6 Å². The third-order valence-corrected chi connectivity index (χ3v) is 5.77. The molecule has 0 radical (unpaired) electrons. The molecule has 1 aromatic carbocycles. The number of aromatic nitrogens is 2. The van der Waals surface area contributed by atoms with E-state index >= 15 is 0 Å². The Bertz CT molecular complexity index is 1090. The van der Waals surface area contributed by atoms with Gasteiger partial charge in [-0.15, -0.1) is 0 Å². The van der Waals surface area contributed by atoms with Gasteiger partial charge in [-0.2, -0.15) is 4.98 Å². The average Bonchev–Trinajstić information content (AvgIpc) is 3.56. The first-order valence-corrected chi connectivity index (χ1v) is 11.3. The molecule has 0 bridgehead atoms. The van der Waals surface area contributed by atoms with E-state index < -0.39 is 29.8 Å². The number of amides is 1. The minimum Gasteiger partial charge on any atom is -0.493 e. The summed E-state index contributed by atoms with van der Waals surface area (Å²) in [5.74, 6) is 1.95. The molecule has 2 aliphatic rings. The van der Waals surface area contributed by atoms with E-state index in [1.54, 1.807) is 47.1 Å². The first kappa shape index (κ1) is 23.8. The zero-order valence-corrected chi connectivity index (χ0v) is 20.4. The Morgan fingerprint density at radius 3 is 2.29 bits per heavy atom. The van der Waals surface area contributed by atoms with Crippen LogP contribution in [0.3, 0.4) is 0 Å². The lowest BCUT2D eigenvalue weighted by atomic mass is 10.2. The Labute approximate surface area is 198 Å². The largest absolute Gasteiger partial charge is 0.493 e. The monoisotopic (exact) mass is 473 g/mol. The van der Waals surface area contributed by atoms with Crippen LogP contribution in [0, 0.1) is 0 Å². The standard InChI is InChI=1S/C24H31N3O7/c1-24(2,3)34-23(29)27-12-14(9-17(27)22(28)32-6)33-21-15-10-18(30-4)19(31-5)11-16(15)25-20(26-21)13-7-8-13/h10-11,13-14,17H,7-9,12H2,1-6H3. The summed E-state index contributed by atoms with van der Waals surface area (Å²) in [5, 5.41) is 0.660. The molecule has 2 aromatic rings. The van der Waals surface area contributed by atoms with E-state index in [2.05, 4.69) is 0 Å². The molecular formula is C24H31N3O7. The maximum absolute atomic E-state index is 12.8. The average molecular weight is 474 g/mol. The summed E-state index contributed by atoms with van der Waals surface area (Å²) in [7, 11) is 4.42. The van der Waals surface area contributed by atoms with Crippen LogP contribution in [0.25, 0.3) is 10.9 Å². The molecule has 184 valence electrons. The molecule has 1 saturated heterocycles. The molecule has 34 heavy (non-hydrogen) atoms. The fraction of sp³-hybridized carbons (Fsp3) is 0.583. The van der Waals surface area contributed by atoms with Crippen molar-refractivity contribution >= 4 is 23.0 Å². The number of ether oxygens (including phenoxy) is 5. The fourth-order valence-corrected chi connectivity index (χ4v) is 3.98. The fourth-order valence-electron chi connectivity index (χ4n) is 3.98. The Balaban J connectivity index is 1.66. The van der Waals surface area contributed by atoms with Crippen LogP contribution in [0.4, 0.5) is 4.79 Å². The van der Waals surface area contributed by atoms with Crippen molar-refractivity contribution in [1.29, 1.82) is 0 Å². The van der Waals surface area contributed by atoms with E-state index in [4.69, 9.17) is 33.7 Å². The molecule has 0 N–H and O–H groups in total. The number of rotatable bonds is 6. The second-order valence-corrected chi connectivity index (χ2v) is 9.53. The quantitative estimate of drug-likeness (QED) is 0.583. The molecule has 2 heterocycles. The maximum Gasteiger partial charge on any atom is 0.411 e. The summed E-state index contributed by atoms with van der Waals surface area (Å²) in [6.45, 7) is 5.48. The van der Waals surface area contributed by atoms with E-state index in [1.807, 2.05) is 0 Å². The van der Waals surface area contributed by atoms with Crippen molar-refractivity contribution in [2.45, 2.75) is 63.7 Å². The number of methoxy groups -OCH3 is 3. The zero-order chi connectivity index (χ0) is 24.6. The molecule has 1 aliphatic carbocycles. The lowest BCUT2D eigenvalue weighted by Crippen LogP contribution is -2.44. The van der Waals surface area contributed by atoms with E-state index in [-0.39, 0.29) is 13.0 Å². The maximum atomic E-state index is 12.8. The van der Waals surface area contributed by atoms with E-state index in [0.717, 1.165) is 12.8 Å². The van der Waals surface area contributed by atoms with Crippen LogP contribution >= 0.6 is 0 Å². The molecule has 2 unspecified atom stereocenters. The van der Waals surface area contributed by atoms with Gasteiger partial charge in [0.25, 0.3) is 0 Å². The third kappa shape index (κ3) is 4.95. The molecule has 10 heteroatoms. The van der Waals surface area contributed by atoms with Crippen molar-refractivity contribution < 1.29 is 33.3 Å². The van der Waals surface area contributed by atoms with E-state index in [9.17, 15) is 9.59 Å². The van der Waals surface area contributed by atoms with Gasteiger partial charge in [0, 0.05) is 18.4 Å². The lowest BCUT2D eigenvalue weighted by Gasteiger charge is -2.27. The van der Waals surface area contributed by atoms with Crippen LogP contribution in [0.15, 0.2) is 12.1 Å². The number of carbonyl (C=O) groups excluding carboxylic acids is 2. The molecule has 10 nitrogen and oxygen atoms in total. The number of hydrogen-bond acceptors (Lipinski definition) is 9. The highest BCUT2D eigenvalue weighted by molar-refractivity contribution is 5.87. The van der Waals surface area contributed by atoms with Gasteiger partial charge in [0.1, 0.15) is 23.6 Å². The van der Waals surface area contributed by atoms with Gasteiger partial charge in [-0.25, -0.2) is 14.6 Å². The van der Waals surface area contributed by atoms with Crippen molar-refractivity contribution in [3.05, 3.63) is 18.0 Å². The second-order valence-electron chi connectivity index (χ2n) is 9.53. The van der Waals surface area contributed by atoms with Crippen molar-refractivity contribution in [3.63, 3.8) is 0 Å². The smallest absolute Gasteiger partial charge is 0.411 e. The minimum atomic E-state index is -0.810. The third-order valence-electron chi connectivity index (χ3n) is 5.77. The van der Waals surface area contributed by atoms with Gasteiger partial charge in [-0.05, 0) is 39.7 Å². The number of esters is 1. The molecule has 2 fully saturated rings. The van der Waals surface area contributed by atoms with E-state index in [0.29, 0.717) is 40.0 Å². The molecular weight excluding hydrogens is 442 g/mol. The van der Waals surface area contributed by atoms with Crippen molar-refractivity contribution in [3.8, 4) is 17.4 Å². The highest BCUT2D eigenvalue weighted by Gasteiger charge is 2.43. The van der Waals surface area contributed by atoms with Crippen LogP contribution in [0.2, 0.25) is 0 Å². The van der Waals surface area contributed by atoms with Crippen LogP contribution < -0.4 is 14.2 Å². The molecule has 1 amide bonds. The van der Waals surface area contributed by atoms with Gasteiger partial charge in [0.2, 0.25) is 5.88 Å². The van der Waals surface area contributed by atoms with Gasteiger partial charge >= 0.3 is 12.1 Å².